The van der Waals surface area contributed by atoms with E-state index in [9.17, 15) is 4.79 Å². The van der Waals surface area contributed by atoms with E-state index in [1.165, 1.54) is 0 Å². The van der Waals surface area contributed by atoms with Gasteiger partial charge in [0.2, 0.25) is 0 Å². The number of carbonyl (C=O) groups excluding carboxylic acids is 1. The van der Waals surface area contributed by atoms with Crippen molar-refractivity contribution in [1.29, 1.82) is 0 Å². The number of halogens is 3. The Hall–Kier alpha value is -2.01. The summed E-state index contributed by atoms with van der Waals surface area (Å²) in [5, 5.41) is 8.26. The second kappa shape index (κ2) is 7.26. The van der Waals surface area contributed by atoms with Crippen LogP contribution in [0, 0.1) is 0 Å². The van der Waals surface area contributed by atoms with E-state index in [1.54, 1.807) is 35.1 Å². The molecule has 122 valence electrons. The van der Waals surface area contributed by atoms with Crippen LogP contribution in [0.15, 0.2) is 54.7 Å². The molecule has 0 saturated heterocycles. The summed E-state index contributed by atoms with van der Waals surface area (Å²) in [6.45, 7) is 0.574. The Bertz CT molecular complexity index is 875. The highest BCUT2D eigenvalue weighted by Gasteiger charge is 2.13. The molecule has 7 heteroatoms. The van der Waals surface area contributed by atoms with Gasteiger partial charge in [-0.05, 0) is 29.8 Å². The second-order valence-corrected chi connectivity index (χ2v) is 6.30. The van der Waals surface area contributed by atoms with Crippen LogP contribution in [0.25, 0.3) is 0 Å². The van der Waals surface area contributed by atoms with Crippen LogP contribution < -0.4 is 5.32 Å². The van der Waals surface area contributed by atoms with Crippen LogP contribution in [0.1, 0.15) is 15.9 Å². The molecule has 0 atom stereocenters. The minimum atomic E-state index is -0.362. The van der Waals surface area contributed by atoms with Crippen molar-refractivity contribution in [3.63, 3.8) is 0 Å². The first-order chi connectivity index (χ1) is 11.5. The smallest absolute Gasteiger partial charge is 0.258 e. The molecule has 2 aromatic carbocycles. The van der Waals surface area contributed by atoms with E-state index < -0.39 is 0 Å². The highest BCUT2D eigenvalue weighted by atomic mass is 35.5. The molecule has 0 radical (unpaired) electrons. The number of anilines is 1. The van der Waals surface area contributed by atoms with Gasteiger partial charge in [0.25, 0.3) is 5.91 Å². The molecule has 1 heterocycles. The molecule has 0 spiro atoms. The summed E-state index contributed by atoms with van der Waals surface area (Å²) < 4.78 is 1.72. The SMILES string of the molecule is O=C(Nc1ccn(Cc2ccc(Cl)cc2)n1)c1cccc(Cl)c1Cl. The number of amides is 1. The number of nitrogens with one attached hydrogen (secondary N) is 1. The molecule has 4 nitrogen and oxygen atoms in total. The van der Waals surface area contributed by atoms with Crippen LogP contribution in [0.5, 0.6) is 0 Å². The Labute approximate surface area is 154 Å². The van der Waals surface area contributed by atoms with E-state index in [4.69, 9.17) is 34.8 Å². The Balaban J connectivity index is 1.70. The van der Waals surface area contributed by atoms with Gasteiger partial charge in [-0.25, -0.2) is 0 Å². The molecule has 3 aromatic rings. The van der Waals surface area contributed by atoms with Gasteiger partial charge in [-0.2, -0.15) is 5.10 Å². The maximum Gasteiger partial charge on any atom is 0.258 e. The summed E-state index contributed by atoms with van der Waals surface area (Å²) in [6, 6.07) is 14.1. The fourth-order valence-electron chi connectivity index (χ4n) is 2.16. The van der Waals surface area contributed by atoms with E-state index >= 15 is 0 Å². The zero-order valence-corrected chi connectivity index (χ0v) is 14.6. The molecule has 24 heavy (non-hydrogen) atoms. The summed E-state index contributed by atoms with van der Waals surface area (Å²) in [6.07, 6.45) is 1.78. The van der Waals surface area contributed by atoms with E-state index in [2.05, 4.69) is 10.4 Å². The summed E-state index contributed by atoms with van der Waals surface area (Å²) >= 11 is 17.8. The lowest BCUT2D eigenvalue weighted by Crippen LogP contribution is -2.13. The maximum absolute atomic E-state index is 12.3. The first-order valence-electron chi connectivity index (χ1n) is 7.06. The molecule has 1 aromatic heterocycles. The van der Waals surface area contributed by atoms with Crippen LogP contribution in [0.3, 0.4) is 0 Å². The van der Waals surface area contributed by atoms with E-state index in [0.717, 1.165) is 5.56 Å². The second-order valence-electron chi connectivity index (χ2n) is 5.08. The van der Waals surface area contributed by atoms with Gasteiger partial charge < -0.3 is 5.32 Å². The molecule has 1 N–H and O–H groups in total. The van der Waals surface area contributed by atoms with Crippen molar-refractivity contribution in [3.8, 4) is 0 Å². The zero-order valence-electron chi connectivity index (χ0n) is 12.3. The van der Waals surface area contributed by atoms with E-state index in [0.29, 0.717) is 28.0 Å². The molecule has 0 aliphatic carbocycles. The number of nitrogens with zero attached hydrogens (tertiary/aromatic N) is 2. The summed E-state index contributed by atoms with van der Waals surface area (Å²) in [4.78, 5) is 12.3. The van der Waals surface area contributed by atoms with Crippen molar-refractivity contribution in [2.24, 2.45) is 0 Å². The van der Waals surface area contributed by atoms with Gasteiger partial charge in [-0.1, -0.05) is 53.0 Å². The van der Waals surface area contributed by atoms with Gasteiger partial charge in [0.05, 0.1) is 22.2 Å². The molecule has 0 aliphatic heterocycles. The third-order valence-corrected chi connectivity index (χ3v) is 4.41. The minimum Gasteiger partial charge on any atom is -0.305 e. The van der Waals surface area contributed by atoms with Crippen LogP contribution in [-0.4, -0.2) is 15.7 Å². The molecule has 0 fully saturated rings. The minimum absolute atomic E-state index is 0.220. The third-order valence-electron chi connectivity index (χ3n) is 3.34. The highest BCUT2D eigenvalue weighted by molar-refractivity contribution is 6.44. The standard InChI is InChI=1S/C17H12Cl3N3O/c18-12-6-4-11(5-7-12)10-23-9-8-15(22-23)21-17(24)13-2-1-3-14(19)16(13)20/h1-9H,10H2,(H,21,22,24). The quantitative estimate of drug-likeness (QED) is 0.681. The Morgan fingerprint density at radius 3 is 2.54 bits per heavy atom. The number of aromatic nitrogens is 2. The van der Waals surface area contributed by atoms with Crippen molar-refractivity contribution >= 4 is 46.5 Å². The lowest BCUT2D eigenvalue weighted by Gasteiger charge is -2.05. The predicted molar refractivity (Wildman–Crippen MR) is 97.2 cm³/mol. The number of carbonyl (C=O) groups is 1. The predicted octanol–water partition coefficient (Wildman–Crippen LogP) is 5.14. The molecule has 0 aliphatic rings. The summed E-state index contributed by atoms with van der Waals surface area (Å²) in [5.74, 6) is 0.0734. The average molecular weight is 381 g/mol. The highest BCUT2D eigenvalue weighted by Crippen LogP contribution is 2.26. The summed E-state index contributed by atoms with van der Waals surface area (Å²) in [5.41, 5.74) is 1.36. The van der Waals surface area contributed by atoms with Gasteiger partial charge >= 0.3 is 0 Å². The van der Waals surface area contributed by atoms with Crippen LogP contribution in [0.2, 0.25) is 15.1 Å². The van der Waals surface area contributed by atoms with Gasteiger partial charge in [0.1, 0.15) is 0 Å². The Morgan fingerprint density at radius 1 is 1.04 bits per heavy atom. The van der Waals surface area contributed by atoms with Crippen LogP contribution in [0.4, 0.5) is 5.82 Å². The molecule has 0 unspecified atom stereocenters. The molecule has 3 rings (SSSR count). The van der Waals surface area contributed by atoms with Crippen molar-refractivity contribution in [2.45, 2.75) is 6.54 Å². The van der Waals surface area contributed by atoms with Crippen molar-refractivity contribution in [3.05, 3.63) is 80.9 Å². The molecule has 0 saturated carbocycles. The monoisotopic (exact) mass is 379 g/mol. The first-order valence-corrected chi connectivity index (χ1v) is 8.19. The average Bonchev–Trinajstić information content (AvgIpc) is 2.99. The van der Waals surface area contributed by atoms with Gasteiger partial charge in [0, 0.05) is 17.3 Å². The third kappa shape index (κ3) is 3.90. The fourth-order valence-corrected chi connectivity index (χ4v) is 2.67. The number of rotatable bonds is 4. The number of hydrogen-bond donors (Lipinski definition) is 1. The molecular formula is C17H12Cl3N3O. The van der Waals surface area contributed by atoms with Gasteiger partial charge in [-0.3, -0.25) is 9.48 Å². The first kappa shape index (κ1) is 16.8. The molecular weight excluding hydrogens is 369 g/mol. The van der Waals surface area contributed by atoms with Crippen molar-refractivity contribution in [1.82, 2.24) is 9.78 Å². The van der Waals surface area contributed by atoms with Gasteiger partial charge in [-0.15, -0.1) is 0 Å². The lowest BCUT2D eigenvalue weighted by molar-refractivity contribution is 0.102. The molecule has 1 amide bonds. The van der Waals surface area contributed by atoms with Crippen LogP contribution in [-0.2, 0) is 6.54 Å². The largest absolute Gasteiger partial charge is 0.305 e. The topological polar surface area (TPSA) is 46.9 Å². The number of benzene rings is 2. The fraction of sp³-hybridized carbons (Fsp3) is 0.0588. The van der Waals surface area contributed by atoms with Crippen molar-refractivity contribution in [2.75, 3.05) is 5.32 Å². The maximum atomic E-state index is 12.3. The van der Waals surface area contributed by atoms with Crippen molar-refractivity contribution < 1.29 is 4.79 Å². The van der Waals surface area contributed by atoms with Gasteiger partial charge in [0.15, 0.2) is 5.82 Å². The zero-order chi connectivity index (χ0) is 17.1. The van der Waals surface area contributed by atoms with E-state index in [1.807, 2.05) is 24.3 Å². The normalized spacial score (nSPS) is 10.6. The Morgan fingerprint density at radius 2 is 1.79 bits per heavy atom. The summed E-state index contributed by atoms with van der Waals surface area (Å²) in [7, 11) is 0. The van der Waals surface area contributed by atoms with E-state index in [-0.39, 0.29) is 10.9 Å². The molecule has 0 bridgehead atoms. The number of hydrogen-bond acceptors (Lipinski definition) is 2. The van der Waals surface area contributed by atoms with Crippen LogP contribution >= 0.6 is 34.8 Å². The lowest BCUT2D eigenvalue weighted by atomic mass is 10.2. The Kier molecular flexibility index (Phi) is 5.09.